The lowest BCUT2D eigenvalue weighted by atomic mass is 10.0. The zero-order valence-corrected chi connectivity index (χ0v) is 15.2. The number of aromatic nitrogens is 1. The Morgan fingerprint density at radius 1 is 1.12 bits per heavy atom. The number of hydrogen-bond acceptors (Lipinski definition) is 5. The van der Waals surface area contributed by atoms with Crippen LogP contribution in [0.1, 0.15) is 17.2 Å². The number of pyridine rings is 1. The molecule has 1 aromatic heterocycles. The summed E-state index contributed by atoms with van der Waals surface area (Å²) in [4.78, 5) is 9.15. The average Bonchev–Trinajstić information content (AvgIpc) is 2.67. The van der Waals surface area contributed by atoms with E-state index in [1.165, 1.54) is 11.1 Å². The molecule has 5 heteroatoms. The Hall–Kier alpha value is -1.95. The summed E-state index contributed by atoms with van der Waals surface area (Å²) in [6, 6.07) is 12.8. The maximum absolute atomic E-state index is 5.30. The van der Waals surface area contributed by atoms with Gasteiger partial charge in [0.2, 0.25) is 0 Å². The van der Waals surface area contributed by atoms with E-state index in [1.807, 2.05) is 30.6 Å². The molecule has 0 amide bonds. The molecule has 1 aliphatic rings. The SMILES string of the molecule is COc1ccc(C(CN2CCN(C)CC2)NCc2cccnc2)cc1. The van der Waals surface area contributed by atoms with Gasteiger partial charge in [0.05, 0.1) is 7.11 Å². The van der Waals surface area contributed by atoms with Crippen LogP contribution in [0, 0.1) is 0 Å². The zero-order valence-electron chi connectivity index (χ0n) is 15.2. The molecule has 0 radical (unpaired) electrons. The van der Waals surface area contributed by atoms with Gasteiger partial charge in [-0.25, -0.2) is 0 Å². The van der Waals surface area contributed by atoms with Crippen molar-refractivity contribution in [2.45, 2.75) is 12.6 Å². The highest BCUT2D eigenvalue weighted by atomic mass is 16.5. The molecule has 2 aromatic rings. The molecule has 134 valence electrons. The average molecular weight is 340 g/mol. The molecule has 3 rings (SSSR count). The van der Waals surface area contributed by atoms with Gasteiger partial charge in [-0.15, -0.1) is 0 Å². The second kappa shape index (κ2) is 8.94. The first-order valence-corrected chi connectivity index (χ1v) is 8.92. The fraction of sp³-hybridized carbons (Fsp3) is 0.450. The van der Waals surface area contributed by atoms with Crippen LogP contribution in [0.5, 0.6) is 5.75 Å². The van der Waals surface area contributed by atoms with E-state index in [4.69, 9.17) is 4.74 Å². The van der Waals surface area contributed by atoms with Crippen molar-refractivity contribution in [1.29, 1.82) is 0 Å². The van der Waals surface area contributed by atoms with Gasteiger partial charge in [0.1, 0.15) is 5.75 Å². The Morgan fingerprint density at radius 3 is 2.52 bits per heavy atom. The Kier molecular flexibility index (Phi) is 6.39. The highest BCUT2D eigenvalue weighted by Gasteiger charge is 2.19. The summed E-state index contributed by atoms with van der Waals surface area (Å²) < 4.78 is 5.30. The van der Waals surface area contributed by atoms with Gasteiger partial charge in [0.15, 0.2) is 0 Å². The highest BCUT2D eigenvalue weighted by Crippen LogP contribution is 2.20. The van der Waals surface area contributed by atoms with Gasteiger partial charge in [0.25, 0.3) is 0 Å². The summed E-state index contributed by atoms with van der Waals surface area (Å²) in [5.41, 5.74) is 2.50. The minimum Gasteiger partial charge on any atom is -0.497 e. The quantitative estimate of drug-likeness (QED) is 0.836. The van der Waals surface area contributed by atoms with Crippen molar-refractivity contribution in [2.75, 3.05) is 46.9 Å². The van der Waals surface area contributed by atoms with Crippen LogP contribution in [0.15, 0.2) is 48.8 Å². The summed E-state index contributed by atoms with van der Waals surface area (Å²) in [6.07, 6.45) is 3.74. The Labute approximate surface area is 150 Å². The standard InChI is InChI=1S/C20H28N4O/c1-23-10-12-24(13-11-23)16-20(18-5-7-19(25-2)8-6-18)22-15-17-4-3-9-21-14-17/h3-9,14,20,22H,10-13,15-16H2,1-2H3. The topological polar surface area (TPSA) is 40.6 Å². The minimum absolute atomic E-state index is 0.287. The van der Waals surface area contributed by atoms with Crippen LogP contribution in [-0.4, -0.2) is 61.7 Å². The summed E-state index contributed by atoms with van der Waals surface area (Å²) in [7, 11) is 3.90. The predicted octanol–water partition coefficient (Wildman–Crippen LogP) is 2.17. The molecule has 1 aromatic carbocycles. The summed E-state index contributed by atoms with van der Waals surface area (Å²) >= 11 is 0. The first-order valence-electron chi connectivity index (χ1n) is 8.92. The lowest BCUT2D eigenvalue weighted by Gasteiger charge is -2.35. The maximum atomic E-state index is 5.30. The third-order valence-electron chi connectivity index (χ3n) is 4.83. The molecule has 1 unspecified atom stereocenters. The van der Waals surface area contributed by atoms with Gasteiger partial charge in [0, 0.05) is 57.7 Å². The molecule has 0 aliphatic carbocycles. The number of rotatable bonds is 7. The molecule has 0 bridgehead atoms. The number of methoxy groups -OCH3 is 1. The summed E-state index contributed by atoms with van der Waals surface area (Å²) in [5.74, 6) is 0.898. The van der Waals surface area contributed by atoms with E-state index in [9.17, 15) is 0 Å². The molecule has 1 atom stereocenters. The third-order valence-corrected chi connectivity index (χ3v) is 4.83. The normalized spacial score (nSPS) is 17.4. The van der Waals surface area contributed by atoms with Crippen LogP contribution in [0.2, 0.25) is 0 Å². The summed E-state index contributed by atoms with van der Waals surface area (Å²) in [5, 5.41) is 3.71. The van der Waals surface area contributed by atoms with E-state index >= 15 is 0 Å². The lowest BCUT2D eigenvalue weighted by Crippen LogP contribution is -2.47. The first kappa shape index (κ1) is 17.9. The largest absolute Gasteiger partial charge is 0.497 e. The number of nitrogens with zero attached hydrogens (tertiary/aromatic N) is 3. The molecule has 25 heavy (non-hydrogen) atoms. The molecule has 0 saturated carbocycles. The third kappa shape index (κ3) is 5.26. The van der Waals surface area contributed by atoms with E-state index in [0.717, 1.165) is 45.0 Å². The van der Waals surface area contributed by atoms with Crippen molar-refractivity contribution in [3.8, 4) is 5.75 Å². The second-order valence-electron chi connectivity index (χ2n) is 6.67. The molecule has 2 heterocycles. The molecular formula is C20H28N4O. The van der Waals surface area contributed by atoms with E-state index in [2.05, 4.69) is 45.3 Å². The number of hydrogen-bond donors (Lipinski definition) is 1. The van der Waals surface area contributed by atoms with Crippen molar-refractivity contribution in [3.63, 3.8) is 0 Å². The Bertz CT molecular complexity index is 624. The van der Waals surface area contributed by atoms with Crippen molar-refractivity contribution >= 4 is 0 Å². The number of piperazine rings is 1. The molecule has 1 saturated heterocycles. The van der Waals surface area contributed by atoms with E-state index < -0.39 is 0 Å². The Morgan fingerprint density at radius 2 is 1.88 bits per heavy atom. The fourth-order valence-corrected chi connectivity index (χ4v) is 3.16. The molecular weight excluding hydrogens is 312 g/mol. The van der Waals surface area contributed by atoms with Crippen molar-refractivity contribution in [3.05, 3.63) is 59.9 Å². The van der Waals surface area contributed by atoms with Crippen LogP contribution < -0.4 is 10.1 Å². The summed E-state index contributed by atoms with van der Waals surface area (Å²) in [6.45, 7) is 6.35. The first-order chi connectivity index (χ1) is 12.2. The second-order valence-corrected chi connectivity index (χ2v) is 6.67. The monoisotopic (exact) mass is 340 g/mol. The van der Waals surface area contributed by atoms with Crippen LogP contribution in [0.4, 0.5) is 0 Å². The minimum atomic E-state index is 0.287. The molecule has 1 N–H and O–H groups in total. The Balaban J connectivity index is 1.68. The van der Waals surface area contributed by atoms with E-state index in [1.54, 1.807) is 7.11 Å². The van der Waals surface area contributed by atoms with Gasteiger partial charge < -0.3 is 15.0 Å². The molecule has 1 aliphatic heterocycles. The van der Waals surface area contributed by atoms with Gasteiger partial charge in [-0.3, -0.25) is 9.88 Å². The molecule has 5 nitrogen and oxygen atoms in total. The number of ether oxygens (including phenoxy) is 1. The lowest BCUT2D eigenvalue weighted by molar-refractivity contribution is 0.142. The number of nitrogens with one attached hydrogen (secondary N) is 1. The number of benzene rings is 1. The van der Waals surface area contributed by atoms with Crippen LogP contribution in [0.3, 0.4) is 0 Å². The van der Waals surface area contributed by atoms with Gasteiger partial charge >= 0.3 is 0 Å². The van der Waals surface area contributed by atoms with Crippen LogP contribution in [-0.2, 0) is 6.54 Å². The van der Waals surface area contributed by atoms with Crippen LogP contribution >= 0.6 is 0 Å². The predicted molar refractivity (Wildman–Crippen MR) is 101 cm³/mol. The molecule has 1 fully saturated rings. The highest BCUT2D eigenvalue weighted by molar-refractivity contribution is 5.29. The zero-order chi connectivity index (χ0) is 17.5. The van der Waals surface area contributed by atoms with Crippen molar-refractivity contribution in [1.82, 2.24) is 20.1 Å². The van der Waals surface area contributed by atoms with Gasteiger partial charge in [-0.2, -0.15) is 0 Å². The van der Waals surface area contributed by atoms with E-state index in [0.29, 0.717) is 0 Å². The maximum Gasteiger partial charge on any atom is 0.118 e. The van der Waals surface area contributed by atoms with Crippen LogP contribution in [0.25, 0.3) is 0 Å². The van der Waals surface area contributed by atoms with Gasteiger partial charge in [-0.05, 0) is 36.4 Å². The smallest absolute Gasteiger partial charge is 0.118 e. The van der Waals surface area contributed by atoms with E-state index in [-0.39, 0.29) is 6.04 Å². The fourth-order valence-electron chi connectivity index (χ4n) is 3.16. The van der Waals surface area contributed by atoms with Crippen molar-refractivity contribution < 1.29 is 4.74 Å². The molecule has 0 spiro atoms. The van der Waals surface area contributed by atoms with Crippen molar-refractivity contribution in [2.24, 2.45) is 0 Å². The number of likely N-dealkylation sites (N-methyl/N-ethyl adjacent to an activating group) is 1. The van der Waals surface area contributed by atoms with Gasteiger partial charge in [-0.1, -0.05) is 18.2 Å².